The van der Waals surface area contributed by atoms with Crippen molar-refractivity contribution < 1.29 is 13.5 Å². The third-order valence-corrected chi connectivity index (χ3v) is 5.18. The molecule has 0 aliphatic carbocycles. The largest absolute Gasteiger partial charge is 0.395 e. The fourth-order valence-corrected chi connectivity index (χ4v) is 3.47. The summed E-state index contributed by atoms with van der Waals surface area (Å²) >= 11 is 6.07. The fourth-order valence-electron chi connectivity index (χ4n) is 1.89. The molecule has 0 atom stereocenters. The van der Waals surface area contributed by atoms with Crippen molar-refractivity contribution in [2.45, 2.75) is 4.90 Å². The Morgan fingerprint density at radius 3 is 2.42 bits per heavy atom. The van der Waals surface area contributed by atoms with Gasteiger partial charge >= 0.3 is 0 Å². The van der Waals surface area contributed by atoms with Gasteiger partial charge in [-0.2, -0.15) is 4.31 Å². The van der Waals surface area contributed by atoms with Gasteiger partial charge in [0.1, 0.15) is 0 Å². The number of benzene rings is 2. The number of aliphatic hydroxyl groups is 1. The zero-order valence-corrected chi connectivity index (χ0v) is 11.9. The average molecular weight is 300 g/mol. The summed E-state index contributed by atoms with van der Waals surface area (Å²) in [6.45, 7) is -0.166. The van der Waals surface area contributed by atoms with Crippen molar-refractivity contribution in [3.63, 3.8) is 0 Å². The van der Waals surface area contributed by atoms with Gasteiger partial charge in [0.05, 0.1) is 11.5 Å². The molecule has 0 bridgehead atoms. The van der Waals surface area contributed by atoms with Crippen LogP contribution in [0.4, 0.5) is 0 Å². The highest BCUT2D eigenvalue weighted by Crippen LogP contribution is 2.30. The quantitative estimate of drug-likeness (QED) is 0.940. The molecule has 2 aromatic carbocycles. The molecule has 0 aromatic heterocycles. The van der Waals surface area contributed by atoms with E-state index in [4.69, 9.17) is 16.7 Å². The van der Waals surface area contributed by atoms with Crippen molar-refractivity contribution in [1.82, 2.24) is 4.31 Å². The molecule has 2 aromatic rings. The lowest BCUT2D eigenvalue weighted by molar-refractivity contribution is 0.266. The Kier molecular flexibility index (Phi) is 4.10. The summed E-state index contributed by atoms with van der Waals surface area (Å²) < 4.78 is 26.0. The summed E-state index contributed by atoms with van der Waals surface area (Å²) in [7, 11) is -2.19. The predicted octanol–water partition coefficient (Wildman–Crippen LogP) is 2.11. The summed E-state index contributed by atoms with van der Waals surface area (Å²) in [5, 5.41) is 10.7. The molecule has 19 heavy (non-hydrogen) atoms. The van der Waals surface area contributed by atoms with Crippen molar-refractivity contribution in [2.75, 3.05) is 20.2 Å². The van der Waals surface area contributed by atoms with E-state index < -0.39 is 10.0 Å². The van der Waals surface area contributed by atoms with Crippen molar-refractivity contribution in [3.05, 3.63) is 41.4 Å². The lowest BCUT2D eigenvalue weighted by Gasteiger charge is -2.17. The van der Waals surface area contributed by atoms with Crippen molar-refractivity contribution >= 4 is 32.4 Å². The Labute approximate surface area is 117 Å². The highest BCUT2D eigenvalue weighted by atomic mass is 35.5. The first-order chi connectivity index (χ1) is 8.98. The van der Waals surface area contributed by atoms with Gasteiger partial charge < -0.3 is 5.11 Å². The van der Waals surface area contributed by atoms with Crippen LogP contribution < -0.4 is 0 Å². The number of sulfonamides is 1. The van der Waals surface area contributed by atoms with Crippen LogP contribution in [0.5, 0.6) is 0 Å². The van der Waals surface area contributed by atoms with Crippen LogP contribution in [0.3, 0.4) is 0 Å². The Hall–Kier alpha value is -1.14. The molecule has 0 heterocycles. The third-order valence-electron chi connectivity index (χ3n) is 2.93. The van der Waals surface area contributed by atoms with Gasteiger partial charge in [0, 0.05) is 29.4 Å². The molecular weight excluding hydrogens is 286 g/mol. The number of halogens is 1. The number of hydrogen-bond donors (Lipinski definition) is 1. The van der Waals surface area contributed by atoms with Crippen LogP contribution in [0.25, 0.3) is 10.8 Å². The number of likely N-dealkylation sites (N-methyl/N-ethyl adjacent to an activating group) is 1. The van der Waals surface area contributed by atoms with Gasteiger partial charge in [0.2, 0.25) is 10.0 Å². The zero-order valence-electron chi connectivity index (χ0n) is 10.4. The molecule has 1 N–H and O–H groups in total. The van der Waals surface area contributed by atoms with Crippen LogP contribution in [-0.4, -0.2) is 38.0 Å². The van der Waals surface area contributed by atoms with Crippen LogP contribution in [0.2, 0.25) is 5.02 Å². The smallest absolute Gasteiger partial charge is 0.243 e. The topological polar surface area (TPSA) is 57.6 Å². The van der Waals surface area contributed by atoms with Crippen LogP contribution in [-0.2, 0) is 10.0 Å². The minimum atomic E-state index is -3.63. The van der Waals surface area contributed by atoms with Crippen molar-refractivity contribution in [1.29, 1.82) is 0 Å². The van der Waals surface area contributed by atoms with E-state index in [9.17, 15) is 8.42 Å². The maximum atomic E-state index is 12.4. The summed E-state index contributed by atoms with van der Waals surface area (Å²) in [5.41, 5.74) is 0. The highest BCUT2D eigenvalue weighted by Gasteiger charge is 2.23. The minimum absolute atomic E-state index is 0.0548. The fraction of sp³-hybridized carbons (Fsp3) is 0.231. The van der Waals surface area contributed by atoms with Crippen molar-refractivity contribution in [3.8, 4) is 0 Å². The average Bonchev–Trinajstić information content (AvgIpc) is 2.39. The first-order valence-corrected chi connectivity index (χ1v) is 7.54. The molecule has 2 rings (SSSR count). The molecule has 0 saturated carbocycles. The van der Waals surface area contributed by atoms with Crippen molar-refractivity contribution in [2.24, 2.45) is 0 Å². The number of nitrogens with zero attached hydrogens (tertiary/aromatic N) is 1. The molecule has 0 unspecified atom stereocenters. The zero-order chi connectivity index (χ0) is 14.0. The van der Waals surface area contributed by atoms with Crippen LogP contribution in [0.1, 0.15) is 0 Å². The Morgan fingerprint density at radius 1 is 1.16 bits per heavy atom. The molecule has 0 aliphatic rings. The second kappa shape index (κ2) is 5.46. The van der Waals surface area contributed by atoms with E-state index >= 15 is 0 Å². The monoisotopic (exact) mass is 299 g/mol. The molecule has 6 heteroatoms. The van der Waals surface area contributed by atoms with E-state index in [2.05, 4.69) is 0 Å². The van der Waals surface area contributed by atoms with Gasteiger partial charge in [0.25, 0.3) is 0 Å². The summed E-state index contributed by atoms with van der Waals surface area (Å²) in [6.07, 6.45) is 0. The Morgan fingerprint density at radius 2 is 1.79 bits per heavy atom. The number of rotatable bonds is 4. The molecule has 0 amide bonds. The molecule has 102 valence electrons. The van der Waals surface area contributed by atoms with Crippen LogP contribution in [0.15, 0.2) is 41.3 Å². The molecular formula is C13H14ClNO3S. The van der Waals surface area contributed by atoms with E-state index in [-0.39, 0.29) is 18.0 Å². The number of hydrogen-bond acceptors (Lipinski definition) is 3. The standard InChI is InChI=1S/C13H14ClNO3S/c1-15(8-9-16)19(17,18)13-7-6-12(14)10-4-2-3-5-11(10)13/h2-7,16H,8-9H2,1H3. The summed E-state index contributed by atoms with van der Waals surface area (Å²) in [4.78, 5) is 0.198. The normalized spacial score (nSPS) is 12.2. The van der Waals surface area contributed by atoms with Crippen LogP contribution >= 0.6 is 11.6 Å². The maximum absolute atomic E-state index is 12.4. The van der Waals surface area contributed by atoms with Gasteiger partial charge in [-0.15, -0.1) is 0 Å². The van der Waals surface area contributed by atoms with E-state index in [1.807, 2.05) is 6.07 Å². The van der Waals surface area contributed by atoms with E-state index in [1.165, 1.54) is 13.1 Å². The lowest BCUT2D eigenvalue weighted by atomic mass is 10.1. The summed E-state index contributed by atoms with van der Waals surface area (Å²) in [5.74, 6) is 0. The van der Waals surface area contributed by atoms with E-state index in [0.29, 0.717) is 15.8 Å². The molecule has 0 spiro atoms. The second-order valence-electron chi connectivity index (χ2n) is 4.14. The molecule has 0 saturated heterocycles. The van der Waals surface area contributed by atoms with Crippen LogP contribution in [0, 0.1) is 0 Å². The predicted molar refractivity (Wildman–Crippen MR) is 75.9 cm³/mol. The minimum Gasteiger partial charge on any atom is -0.395 e. The Balaban J connectivity index is 2.67. The first kappa shape index (κ1) is 14.3. The number of fused-ring (bicyclic) bond motifs is 1. The lowest BCUT2D eigenvalue weighted by Crippen LogP contribution is -2.29. The van der Waals surface area contributed by atoms with Gasteiger partial charge in [-0.1, -0.05) is 35.9 Å². The highest BCUT2D eigenvalue weighted by molar-refractivity contribution is 7.89. The molecule has 0 fully saturated rings. The van der Waals surface area contributed by atoms with Gasteiger partial charge in [-0.25, -0.2) is 8.42 Å². The van der Waals surface area contributed by atoms with Gasteiger partial charge in [-0.3, -0.25) is 0 Å². The SMILES string of the molecule is CN(CCO)S(=O)(=O)c1ccc(Cl)c2ccccc12. The summed E-state index contributed by atoms with van der Waals surface area (Å²) in [6, 6.07) is 10.1. The molecule has 0 aliphatic heterocycles. The molecule has 0 radical (unpaired) electrons. The maximum Gasteiger partial charge on any atom is 0.243 e. The molecule has 4 nitrogen and oxygen atoms in total. The third kappa shape index (κ3) is 2.60. The Bertz CT molecular complexity index is 700. The second-order valence-corrected chi connectivity index (χ2v) is 6.56. The van der Waals surface area contributed by atoms with Gasteiger partial charge in [0.15, 0.2) is 0 Å². The first-order valence-electron chi connectivity index (χ1n) is 5.73. The number of aliphatic hydroxyl groups excluding tert-OH is 1. The van der Waals surface area contributed by atoms with Gasteiger partial charge in [-0.05, 0) is 12.1 Å². The van der Waals surface area contributed by atoms with E-state index in [0.717, 1.165) is 4.31 Å². The van der Waals surface area contributed by atoms with E-state index in [1.54, 1.807) is 24.3 Å².